The number of aromatic nitrogens is 2. The Kier molecular flexibility index (Phi) is 10.3. The van der Waals surface area contributed by atoms with Crippen LogP contribution >= 0.6 is 0 Å². The van der Waals surface area contributed by atoms with E-state index in [0.29, 0.717) is 19.2 Å². The molecule has 8 nitrogen and oxygen atoms in total. The molecule has 0 radical (unpaired) electrons. The lowest BCUT2D eigenvalue weighted by Gasteiger charge is -2.07. The Morgan fingerprint density at radius 3 is 1.89 bits per heavy atom. The number of guanidine groups is 1. The second kappa shape index (κ2) is 14.2. The predicted octanol–water partition coefficient (Wildman–Crippen LogP) is 4.66. The number of nitrogens with zero attached hydrogens (tertiary/aromatic N) is 3. The van der Waals surface area contributed by atoms with E-state index in [0.717, 1.165) is 53.3 Å². The average molecular weight is 488 g/mol. The predicted molar refractivity (Wildman–Crippen MR) is 146 cm³/mol. The topological polar surface area (TPSA) is 118 Å². The summed E-state index contributed by atoms with van der Waals surface area (Å²) in [5.74, 6) is 1.71. The monoisotopic (exact) mass is 487 g/mol. The zero-order valence-electron chi connectivity index (χ0n) is 20.8. The molecule has 3 rings (SSSR count). The molecular formula is C28H33N5O3. The average Bonchev–Trinajstić information content (AvgIpc) is 2.90. The molecule has 2 aromatic carbocycles. The minimum Gasteiger partial charge on any atom is -0.497 e. The fourth-order valence-electron chi connectivity index (χ4n) is 3.31. The number of hydrogen-bond donors (Lipinski definition) is 2. The molecular weight excluding hydrogens is 454 g/mol. The van der Waals surface area contributed by atoms with Gasteiger partial charge in [-0.2, -0.15) is 9.97 Å². The Morgan fingerprint density at radius 1 is 0.778 bits per heavy atom. The first kappa shape index (κ1) is 26.3. The van der Waals surface area contributed by atoms with Crippen LogP contribution in [0.3, 0.4) is 0 Å². The van der Waals surface area contributed by atoms with Gasteiger partial charge >= 0.3 is 6.01 Å². The van der Waals surface area contributed by atoms with Crippen molar-refractivity contribution in [3.8, 4) is 17.5 Å². The minimum absolute atomic E-state index is 0.119. The highest BCUT2D eigenvalue weighted by atomic mass is 16.5. The van der Waals surface area contributed by atoms with Gasteiger partial charge in [0.2, 0.25) is 0 Å². The van der Waals surface area contributed by atoms with Crippen molar-refractivity contribution in [1.82, 2.24) is 9.97 Å². The van der Waals surface area contributed by atoms with Gasteiger partial charge in [-0.15, -0.1) is 0 Å². The minimum atomic E-state index is 0.119. The van der Waals surface area contributed by atoms with E-state index >= 15 is 0 Å². The van der Waals surface area contributed by atoms with Gasteiger partial charge in [0.1, 0.15) is 11.5 Å². The molecule has 0 aliphatic rings. The van der Waals surface area contributed by atoms with E-state index < -0.39 is 0 Å². The van der Waals surface area contributed by atoms with Crippen molar-refractivity contribution in [2.24, 2.45) is 16.5 Å². The SMILES string of the molecule is COc1cccc(C=Cc2cc(C=Cc3cccc(OC)c3)nc(OCCCCCN=C(N)N)n2)c1. The number of unbranched alkanes of at least 4 members (excludes halogenated alkanes) is 2. The molecule has 0 amide bonds. The standard InChI is InChI=1S/C28H33N5O3/c1-34-25-10-6-8-21(18-25)12-14-23-20-24(15-13-22-9-7-11-26(19-22)35-2)33-28(32-23)36-17-5-3-4-16-31-27(29)30/h6-15,18-20H,3-5,16-17H2,1-2H3,(H4,29,30,31). The van der Waals surface area contributed by atoms with Gasteiger partial charge in [0.15, 0.2) is 5.96 Å². The van der Waals surface area contributed by atoms with E-state index in [1.54, 1.807) is 14.2 Å². The molecule has 3 aromatic rings. The van der Waals surface area contributed by atoms with Gasteiger partial charge in [-0.1, -0.05) is 36.4 Å². The van der Waals surface area contributed by atoms with Crippen LogP contribution in [0.15, 0.2) is 59.6 Å². The lowest BCUT2D eigenvalue weighted by molar-refractivity contribution is 0.282. The smallest absolute Gasteiger partial charge is 0.317 e. The molecule has 0 aliphatic carbocycles. The van der Waals surface area contributed by atoms with Gasteiger partial charge < -0.3 is 25.7 Å². The van der Waals surface area contributed by atoms with Crippen LogP contribution in [0.5, 0.6) is 17.5 Å². The molecule has 1 aromatic heterocycles. The third-order valence-electron chi connectivity index (χ3n) is 5.15. The molecule has 0 fully saturated rings. The van der Waals surface area contributed by atoms with E-state index in [9.17, 15) is 0 Å². The third-order valence-corrected chi connectivity index (χ3v) is 5.15. The highest BCUT2D eigenvalue weighted by Gasteiger charge is 2.04. The third kappa shape index (κ3) is 9.13. The van der Waals surface area contributed by atoms with Crippen LogP contribution in [0, 0.1) is 0 Å². The first-order chi connectivity index (χ1) is 17.6. The Balaban J connectivity index is 1.74. The first-order valence-corrected chi connectivity index (χ1v) is 11.8. The number of hydrogen-bond acceptors (Lipinski definition) is 6. The van der Waals surface area contributed by atoms with Gasteiger partial charge in [0, 0.05) is 6.54 Å². The number of rotatable bonds is 13. The summed E-state index contributed by atoms with van der Waals surface area (Å²) in [6.45, 7) is 1.12. The highest BCUT2D eigenvalue weighted by molar-refractivity contribution is 5.75. The van der Waals surface area contributed by atoms with E-state index in [2.05, 4.69) is 15.0 Å². The van der Waals surface area contributed by atoms with Crippen LogP contribution in [0.2, 0.25) is 0 Å². The van der Waals surface area contributed by atoms with Crippen molar-refractivity contribution in [2.45, 2.75) is 19.3 Å². The van der Waals surface area contributed by atoms with Gasteiger partial charge in [-0.05, 0) is 72.9 Å². The Morgan fingerprint density at radius 2 is 1.36 bits per heavy atom. The fourth-order valence-corrected chi connectivity index (χ4v) is 3.31. The summed E-state index contributed by atoms with van der Waals surface area (Å²) >= 11 is 0. The maximum Gasteiger partial charge on any atom is 0.317 e. The van der Waals surface area contributed by atoms with Crippen molar-refractivity contribution >= 4 is 30.3 Å². The molecule has 0 bridgehead atoms. The molecule has 1 heterocycles. The zero-order valence-corrected chi connectivity index (χ0v) is 20.8. The number of nitrogens with two attached hydrogens (primary N) is 2. The van der Waals surface area contributed by atoms with Gasteiger partial charge in [0.05, 0.1) is 32.2 Å². The maximum absolute atomic E-state index is 5.88. The molecule has 188 valence electrons. The van der Waals surface area contributed by atoms with Gasteiger partial charge in [0.25, 0.3) is 0 Å². The van der Waals surface area contributed by atoms with Gasteiger partial charge in [-0.3, -0.25) is 4.99 Å². The number of ether oxygens (including phenoxy) is 3. The Hall–Kier alpha value is -4.33. The van der Waals surface area contributed by atoms with Crippen molar-refractivity contribution < 1.29 is 14.2 Å². The second-order valence-electron chi connectivity index (χ2n) is 7.94. The van der Waals surface area contributed by atoms with Crippen molar-refractivity contribution in [2.75, 3.05) is 27.4 Å². The lowest BCUT2D eigenvalue weighted by Crippen LogP contribution is -2.22. The van der Waals surface area contributed by atoms with E-state index in [1.165, 1.54) is 0 Å². The molecule has 0 atom stereocenters. The summed E-state index contributed by atoms with van der Waals surface area (Å²) in [7, 11) is 3.30. The first-order valence-electron chi connectivity index (χ1n) is 11.8. The summed E-state index contributed by atoms with van der Waals surface area (Å²) in [5.41, 5.74) is 14.2. The molecule has 0 spiro atoms. The molecule has 4 N–H and O–H groups in total. The molecule has 36 heavy (non-hydrogen) atoms. The molecule has 0 saturated carbocycles. The second-order valence-corrected chi connectivity index (χ2v) is 7.94. The number of aliphatic imine (C=N–C) groups is 1. The Labute approximate surface area is 212 Å². The van der Waals surface area contributed by atoms with Crippen LogP contribution < -0.4 is 25.7 Å². The van der Waals surface area contributed by atoms with Crippen molar-refractivity contribution in [1.29, 1.82) is 0 Å². The lowest BCUT2D eigenvalue weighted by atomic mass is 10.1. The van der Waals surface area contributed by atoms with Crippen LogP contribution in [0.1, 0.15) is 41.8 Å². The van der Waals surface area contributed by atoms with E-state index in [-0.39, 0.29) is 5.96 Å². The fraction of sp³-hybridized carbons (Fsp3) is 0.250. The molecule has 0 unspecified atom stereocenters. The van der Waals surface area contributed by atoms with Crippen LogP contribution in [0.25, 0.3) is 24.3 Å². The summed E-state index contributed by atoms with van der Waals surface area (Å²) in [6, 6.07) is 17.9. The quantitative estimate of drug-likeness (QED) is 0.205. The van der Waals surface area contributed by atoms with Gasteiger partial charge in [-0.25, -0.2) is 0 Å². The van der Waals surface area contributed by atoms with Crippen LogP contribution in [-0.4, -0.2) is 43.3 Å². The van der Waals surface area contributed by atoms with E-state index in [4.69, 9.17) is 25.7 Å². The largest absolute Gasteiger partial charge is 0.497 e. The van der Waals surface area contributed by atoms with Crippen LogP contribution in [-0.2, 0) is 0 Å². The van der Waals surface area contributed by atoms with Crippen molar-refractivity contribution in [3.63, 3.8) is 0 Å². The Bertz CT molecular complexity index is 1130. The molecule has 0 saturated heterocycles. The zero-order chi connectivity index (χ0) is 25.6. The van der Waals surface area contributed by atoms with E-state index in [1.807, 2.05) is 78.9 Å². The normalized spacial score (nSPS) is 11.1. The number of benzene rings is 2. The summed E-state index contributed by atoms with van der Waals surface area (Å²) in [6.07, 6.45) is 10.5. The summed E-state index contributed by atoms with van der Waals surface area (Å²) in [5, 5.41) is 0. The highest BCUT2D eigenvalue weighted by Crippen LogP contribution is 2.18. The number of methoxy groups -OCH3 is 2. The van der Waals surface area contributed by atoms with Crippen LogP contribution in [0.4, 0.5) is 0 Å². The summed E-state index contributed by atoms with van der Waals surface area (Å²) < 4.78 is 16.5. The summed E-state index contributed by atoms with van der Waals surface area (Å²) in [4.78, 5) is 13.1. The maximum atomic E-state index is 5.88. The van der Waals surface area contributed by atoms with Crippen molar-refractivity contribution in [3.05, 3.63) is 77.1 Å². The molecule has 8 heteroatoms. The molecule has 0 aliphatic heterocycles.